The van der Waals surface area contributed by atoms with Crippen LogP contribution in [-0.4, -0.2) is 18.1 Å². The molecule has 0 amide bonds. The van der Waals surface area contributed by atoms with Crippen LogP contribution in [-0.2, 0) is 0 Å². The van der Waals surface area contributed by atoms with E-state index < -0.39 is 0 Å². The molecule has 4 heteroatoms. The number of nitrogens with zero attached hydrogens (tertiary/aromatic N) is 2. The molecule has 0 saturated heterocycles. The van der Waals surface area contributed by atoms with Crippen LogP contribution >= 0.6 is 0 Å². The van der Waals surface area contributed by atoms with Crippen molar-refractivity contribution >= 4 is 17.3 Å². The largest absolute Gasteiger partial charge is 0.396 e. The molecule has 1 heterocycles. The Kier molecular flexibility index (Phi) is 3.17. The van der Waals surface area contributed by atoms with Gasteiger partial charge in [0.15, 0.2) is 0 Å². The standard InChI is InChI=1S/C12H20N4/c1-2-7-16(8-9-3-4-9)11-6-5-10(13)12(14)15-11/h5-6,9H,2-4,7-8,13H2,1H3,(H2,14,15). The third kappa shape index (κ3) is 2.56. The molecule has 1 aliphatic rings. The maximum absolute atomic E-state index is 5.74. The molecule has 0 atom stereocenters. The quantitative estimate of drug-likeness (QED) is 0.795. The van der Waals surface area contributed by atoms with Crippen LogP contribution in [0.4, 0.5) is 17.3 Å². The Morgan fingerprint density at radius 1 is 1.38 bits per heavy atom. The van der Waals surface area contributed by atoms with Gasteiger partial charge in [0.2, 0.25) is 0 Å². The first-order valence-electron chi connectivity index (χ1n) is 5.97. The number of pyridine rings is 1. The zero-order valence-corrected chi connectivity index (χ0v) is 9.82. The van der Waals surface area contributed by atoms with Crippen LogP contribution in [0.5, 0.6) is 0 Å². The predicted octanol–water partition coefficient (Wildman–Crippen LogP) is 1.87. The molecule has 4 N–H and O–H groups in total. The lowest BCUT2D eigenvalue weighted by molar-refractivity contribution is 0.700. The topological polar surface area (TPSA) is 68.2 Å². The highest BCUT2D eigenvalue weighted by Gasteiger charge is 2.24. The SMILES string of the molecule is CCCN(CC1CC1)c1ccc(N)c(N)n1. The summed E-state index contributed by atoms with van der Waals surface area (Å²) in [5.41, 5.74) is 12.0. The van der Waals surface area contributed by atoms with Crippen LogP contribution in [0.3, 0.4) is 0 Å². The van der Waals surface area contributed by atoms with Gasteiger partial charge in [-0.25, -0.2) is 4.98 Å². The van der Waals surface area contributed by atoms with E-state index in [1.807, 2.05) is 12.1 Å². The van der Waals surface area contributed by atoms with Crippen molar-refractivity contribution in [3.8, 4) is 0 Å². The van der Waals surface area contributed by atoms with Gasteiger partial charge in [0.05, 0.1) is 5.69 Å². The number of anilines is 3. The summed E-state index contributed by atoms with van der Waals surface area (Å²) in [5, 5.41) is 0. The summed E-state index contributed by atoms with van der Waals surface area (Å²) in [6, 6.07) is 3.80. The van der Waals surface area contributed by atoms with Crippen molar-refractivity contribution < 1.29 is 0 Å². The van der Waals surface area contributed by atoms with Crippen LogP contribution in [0, 0.1) is 5.92 Å². The molecule has 0 bridgehead atoms. The molecule has 16 heavy (non-hydrogen) atoms. The van der Waals surface area contributed by atoms with Gasteiger partial charge in [0, 0.05) is 13.1 Å². The average Bonchev–Trinajstić information content (AvgIpc) is 3.05. The van der Waals surface area contributed by atoms with Crippen LogP contribution in [0.15, 0.2) is 12.1 Å². The fourth-order valence-electron chi connectivity index (χ4n) is 1.83. The van der Waals surface area contributed by atoms with Gasteiger partial charge in [0.25, 0.3) is 0 Å². The monoisotopic (exact) mass is 220 g/mol. The molecule has 2 rings (SSSR count). The van der Waals surface area contributed by atoms with E-state index >= 15 is 0 Å². The number of nitrogen functional groups attached to an aromatic ring is 2. The van der Waals surface area contributed by atoms with E-state index in [9.17, 15) is 0 Å². The second kappa shape index (κ2) is 4.60. The maximum atomic E-state index is 5.74. The van der Waals surface area contributed by atoms with E-state index in [2.05, 4.69) is 16.8 Å². The minimum atomic E-state index is 0.439. The lowest BCUT2D eigenvalue weighted by Gasteiger charge is -2.23. The van der Waals surface area contributed by atoms with Gasteiger partial charge in [-0.15, -0.1) is 0 Å². The summed E-state index contributed by atoms with van der Waals surface area (Å²) in [6.45, 7) is 4.32. The zero-order valence-electron chi connectivity index (χ0n) is 9.82. The van der Waals surface area contributed by atoms with Crippen LogP contribution in [0.1, 0.15) is 26.2 Å². The maximum Gasteiger partial charge on any atom is 0.149 e. The van der Waals surface area contributed by atoms with Crippen molar-refractivity contribution in [3.63, 3.8) is 0 Å². The predicted molar refractivity (Wildman–Crippen MR) is 68.3 cm³/mol. The number of aromatic nitrogens is 1. The summed E-state index contributed by atoms with van der Waals surface area (Å²) < 4.78 is 0. The van der Waals surface area contributed by atoms with Crippen molar-refractivity contribution in [1.29, 1.82) is 0 Å². The van der Waals surface area contributed by atoms with E-state index in [1.54, 1.807) is 0 Å². The zero-order chi connectivity index (χ0) is 11.5. The first kappa shape index (κ1) is 11.0. The van der Waals surface area contributed by atoms with E-state index in [0.29, 0.717) is 11.5 Å². The number of hydrogen-bond donors (Lipinski definition) is 2. The number of rotatable bonds is 5. The summed E-state index contributed by atoms with van der Waals surface area (Å²) in [7, 11) is 0. The highest BCUT2D eigenvalue weighted by molar-refractivity contribution is 5.62. The van der Waals surface area contributed by atoms with Crippen molar-refractivity contribution in [1.82, 2.24) is 4.98 Å². The molecule has 0 unspecified atom stereocenters. The van der Waals surface area contributed by atoms with Gasteiger partial charge >= 0.3 is 0 Å². The smallest absolute Gasteiger partial charge is 0.149 e. The number of nitrogens with two attached hydrogens (primary N) is 2. The molecule has 1 aromatic heterocycles. The molecule has 0 spiro atoms. The molecular weight excluding hydrogens is 200 g/mol. The van der Waals surface area contributed by atoms with Crippen molar-refractivity contribution in [2.24, 2.45) is 5.92 Å². The molecular formula is C12H20N4. The Hall–Kier alpha value is -1.45. The molecule has 1 aliphatic carbocycles. The molecule has 1 fully saturated rings. The second-order valence-corrected chi connectivity index (χ2v) is 4.53. The highest BCUT2D eigenvalue weighted by atomic mass is 15.2. The van der Waals surface area contributed by atoms with Crippen LogP contribution < -0.4 is 16.4 Å². The molecule has 0 aromatic carbocycles. The van der Waals surface area contributed by atoms with Gasteiger partial charge in [-0.3, -0.25) is 0 Å². The van der Waals surface area contributed by atoms with Crippen LogP contribution in [0.25, 0.3) is 0 Å². The van der Waals surface area contributed by atoms with Gasteiger partial charge < -0.3 is 16.4 Å². The van der Waals surface area contributed by atoms with Crippen molar-refractivity contribution in [2.75, 3.05) is 29.5 Å². The fraction of sp³-hybridized carbons (Fsp3) is 0.583. The van der Waals surface area contributed by atoms with Gasteiger partial charge in [0.1, 0.15) is 11.6 Å². The Morgan fingerprint density at radius 3 is 2.69 bits per heavy atom. The molecule has 0 radical (unpaired) electrons. The third-order valence-electron chi connectivity index (χ3n) is 2.94. The van der Waals surface area contributed by atoms with Gasteiger partial charge in [-0.2, -0.15) is 0 Å². The molecule has 1 saturated carbocycles. The highest BCUT2D eigenvalue weighted by Crippen LogP contribution is 2.31. The average molecular weight is 220 g/mol. The Morgan fingerprint density at radius 2 is 2.12 bits per heavy atom. The van der Waals surface area contributed by atoms with Crippen LogP contribution in [0.2, 0.25) is 0 Å². The van der Waals surface area contributed by atoms with Gasteiger partial charge in [-0.1, -0.05) is 6.92 Å². The minimum absolute atomic E-state index is 0.439. The first-order chi connectivity index (χ1) is 7.70. The molecule has 1 aromatic rings. The summed E-state index contributed by atoms with van der Waals surface area (Å²) in [4.78, 5) is 6.66. The Labute approximate surface area is 96.6 Å². The first-order valence-corrected chi connectivity index (χ1v) is 5.97. The van der Waals surface area contributed by atoms with E-state index in [0.717, 1.165) is 31.2 Å². The molecule has 0 aliphatic heterocycles. The lowest BCUT2D eigenvalue weighted by atomic mass is 10.3. The lowest BCUT2D eigenvalue weighted by Crippen LogP contribution is -2.27. The normalized spacial score (nSPS) is 15.1. The molecule has 4 nitrogen and oxygen atoms in total. The van der Waals surface area contributed by atoms with Crippen molar-refractivity contribution in [3.05, 3.63) is 12.1 Å². The fourth-order valence-corrected chi connectivity index (χ4v) is 1.83. The summed E-state index contributed by atoms with van der Waals surface area (Å²) >= 11 is 0. The molecule has 88 valence electrons. The van der Waals surface area contributed by atoms with Gasteiger partial charge in [-0.05, 0) is 37.3 Å². The van der Waals surface area contributed by atoms with Crippen molar-refractivity contribution in [2.45, 2.75) is 26.2 Å². The van der Waals surface area contributed by atoms with E-state index in [4.69, 9.17) is 11.5 Å². The Bertz CT molecular complexity index is 360. The minimum Gasteiger partial charge on any atom is -0.396 e. The van der Waals surface area contributed by atoms with E-state index in [1.165, 1.54) is 12.8 Å². The van der Waals surface area contributed by atoms with E-state index in [-0.39, 0.29) is 0 Å². The summed E-state index contributed by atoms with van der Waals surface area (Å²) in [5.74, 6) is 2.25. The third-order valence-corrected chi connectivity index (χ3v) is 2.94. The Balaban J connectivity index is 2.12. The second-order valence-electron chi connectivity index (χ2n) is 4.53. The number of hydrogen-bond acceptors (Lipinski definition) is 4. The summed E-state index contributed by atoms with van der Waals surface area (Å²) in [6.07, 6.45) is 3.83.